The fourth-order valence-electron chi connectivity index (χ4n) is 7.32. The molecule has 47 heavy (non-hydrogen) atoms. The highest BCUT2D eigenvalue weighted by atomic mass is 16.3. The van der Waals surface area contributed by atoms with Crippen LogP contribution >= 0.6 is 0 Å². The Morgan fingerprint density at radius 3 is 1.55 bits per heavy atom. The van der Waals surface area contributed by atoms with Crippen molar-refractivity contribution >= 4 is 0 Å². The molecule has 4 unspecified atom stereocenters. The molecule has 0 saturated heterocycles. The van der Waals surface area contributed by atoms with Crippen LogP contribution in [0.1, 0.15) is 95.9 Å². The minimum atomic E-state index is -0.458. The lowest BCUT2D eigenvalue weighted by molar-refractivity contribution is 0.400. The van der Waals surface area contributed by atoms with Crippen LogP contribution in [0.25, 0.3) is 0 Å². The molecular formula is C46H46O. The first kappa shape index (κ1) is 32.1. The highest BCUT2D eigenvalue weighted by molar-refractivity contribution is 5.56. The molecule has 0 radical (unpaired) electrons. The van der Waals surface area contributed by atoms with E-state index < -0.39 is 5.41 Å². The number of rotatable bonds is 12. The van der Waals surface area contributed by atoms with Crippen LogP contribution in [-0.2, 0) is 11.8 Å². The summed E-state index contributed by atoms with van der Waals surface area (Å²) >= 11 is 0. The number of phenolic OH excluding ortho intramolecular Hbond substituents is 1. The lowest BCUT2D eigenvalue weighted by Gasteiger charge is -2.37. The summed E-state index contributed by atoms with van der Waals surface area (Å²) < 4.78 is 0. The molecule has 0 aromatic heterocycles. The fraction of sp³-hybridized carbons (Fsp3) is 0.217. The van der Waals surface area contributed by atoms with Crippen LogP contribution in [0.5, 0.6) is 5.75 Å². The normalized spacial score (nSPS) is 14.5. The molecule has 6 aromatic carbocycles. The Morgan fingerprint density at radius 2 is 1.00 bits per heavy atom. The molecule has 0 amide bonds. The highest BCUT2D eigenvalue weighted by Crippen LogP contribution is 2.49. The van der Waals surface area contributed by atoms with E-state index in [0.717, 1.165) is 30.4 Å². The molecule has 0 spiro atoms. The zero-order valence-corrected chi connectivity index (χ0v) is 27.9. The van der Waals surface area contributed by atoms with Crippen LogP contribution < -0.4 is 0 Å². The molecule has 6 aromatic rings. The monoisotopic (exact) mass is 614 g/mol. The standard InChI is InChI=1S/C46H46O/c1-34(37-21-11-5-12-22-37)41-31-43(35(2)38-23-13-6-14-24-38)45(47)44(32-41)46(3,42-27-17-8-18-28-42)33-40(39-25-15-7-16-26-39)30-29-36-19-9-4-10-20-36/h4-28,31-32,34-35,40,47H,29-30,33H2,1-3H3. The van der Waals surface area contributed by atoms with Gasteiger partial charge in [-0.3, -0.25) is 0 Å². The Labute approximate surface area is 281 Å². The molecule has 0 aliphatic rings. The first-order valence-corrected chi connectivity index (χ1v) is 17.1. The molecule has 4 atom stereocenters. The van der Waals surface area contributed by atoms with Crippen molar-refractivity contribution in [3.8, 4) is 5.75 Å². The summed E-state index contributed by atoms with van der Waals surface area (Å²) in [4.78, 5) is 0. The minimum absolute atomic E-state index is 0.0286. The van der Waals surface area contributed by atoms with Gasteiger partial charge in [-0.15, -0.1) is 0 Å². The van der Waals surface area contributed by atoms with Gasteiger partial charge < -0.3 is 5.11 Å². The Bertz CT molecular complexity index is 1830. The molecule has 1 N–H and O–H groups in total. The summed E-state index contributed by atoms with van der Waals surface area (Å²) in [6.07, 6.45) is 2.88. The summed E-state index contributed by atoms with van der Waals surface area (Å²) in [5.41, 5.74) is 9.14. The van der Waals surface area contributed by atoms with Gasteiger partial charge in [0.05, 0.1) is 0 Å². The molecular weight excluding hydrogens is 569 g/mol. The molecule has 1 nitrogen and oxygen atoms in total. The van der Waals surface area contributed by atoms with Crippen molar-refractivity contribution in [2.45, 2.75) is 63.2 Å². The number of hydrogen-bond donors (Lipinski definition) is 1. The SMILES string of the molecule is CC(c1ccccc1)c1cc(C(C)c2ccccc2)c(O)c(C(C)(CC(CCc2ccccc2)c2ccccc2)c2ccccc2)c1. The van der Waals surface area contributed by atoms with Crippen molar-refractivity contribution in [2.24, 2.45) is 0 Å². The molecule has 1 heteroatoms. The molecule has 0 saturated carbocycles. The van der Waals surface area contributed by atoms with Crippen molar-refractivity contribution in [1.29, 1.82) is 0 Å². The fourth-order valence-corrected chi connectivity index (χ4v) is 7.32. The predicted molar refractivity (Wildman–Crippen MR) is 197 cm³/mol. The number of aromatic hydroxyl groups is 1. The molecule has 0 fully saturated rings. The van der Waals surface area contributed by atoms with E-state index >= 15 is 0 Å². The second-order valence-electron chi connectivity index (χ2n) is 13.3. The maximum atomic E-state index is 12.5. The third-order valence-corrected chi connectivity index (χ3v) is 10.3. The van der Waals surface area contributed by atoms with E-state index in [1.165, 1.54) is 33.4 Å². The molecule has 6 rings (SSSR count). The second kappa shape index (κ2) is 14.7. The first-order chi connectivity index (χ1) is 22.9. The maximum Gasteiger partial charge on any atom is 0.123 e. The van der Waals surface area contributed by atoms with Crippen LogP contribution in [0.2, 0.25) is 0 Å². The van der Waals surface area contributed by atoms with Gasteiger partial charge in [-0.2, -0.15) is 0 Å². The van der Waals surface area contributed by atoms with E-state index in [9.17, 15) is 5.11 Å². The molecule has 0 aliphatic carbocycles. The van der Waals surface area contributed by atoms with Gasteiger partial charge in [0.1, 0.15) is 5.75 Å². The average molecular weight is 615 g/mol. The van der Waals surface area contributed by atoms with E-state index in [1.807, 2.05) is 0 Å². The van der Waals surface area contributed by atoms with E-state index in [1.54, 1.807) is 0 Å². The van der Waals surface area contributed by atoms with Crippen LogP contribution in [0, 0.1) is 0 Å². The summed E-state index contributed by atoms with van der Waals surface area (Å²) in [6, 6.07) is 58.5. The second-order valence-corrected chi connectivity index (χ2v) is 13.3. The van der Waals surface area contributed by atoms with Crippen molar-refractivity contribution in [3.63, 3.8) is 0 Å². The van der Waals surface area contributed by atoms with Gasteiger partial charge in [0, 0.05) is 28.4 Å². The Hall–Kier alpha value is -4.88. The van der Waals surface area contributed by atoms with Gasteiger partial charge >= 0.3 is 0 Å². The lowest BCUT2D eigenvalue weighted by Crippen LogP contribution is -2.28. The van der Waals surface area contributed by atoms with Crippen LogP contribution in [0.3, 0.4) is 0 Å². The maximum absolute atomic E-state index is 12.5. The van der Waals surface area contributed by atoms with Crippen molar-refractivity contribution in [2.75, 3.05) is 0 Å². The Balaban J connectivity index is 1.52. The van der Waals surface area contributed by atoms with Crippen LogP contribution in [-0.4, -0.2) is 5.11 Å². The summed E-state index contributed by atoms with van der Waals surface area (Å²) in [5, 5.41) is 12.5. The zero-order valence-electron chi connectivity index (χ0n) is 27.9. The Kier molecular flexibility index (Phi) is 10.0. The van der Waals surface area contributed by atoms with Gasteiger partial charge in [0.25, 0.3) is 0 Å². The van der Waals surface area contributed by atoms with Crippen LogP contribution in [0.15, 0.2) is 164 Å². The number of aryl methyl sites for hydroxylation is 1. The smallest absolute Gasteiger partial charge is 0.123 e. The van der Waals surface area contributed by atoms with Crippen molar-refractivity contribution in [3.05, 3.63) is 208 Å². The molecule has 0 aliphatic heterocycles. The van der Waals surface area contributed by atoms with E-state index in [-0.39, 0.29) is 17.8 Å². The predicted octanol–water partition coefficient (Wildman–Crippen LogP) is 11.8. The van der Waals surface area contributed by atoms with E-state index in [0.29, 0.717) is 5.75 Å². The van der Waals surface area contributed by atoms with E-state index in [4.69, 9.17) is 0 Å². The zero-order chi connectivity index (χ0) is 32.6. The average Bonchev–Trinajstić information content (AvgIpc) is 3.14. The van der Waals surface area contributed by atoms with Gasteiger partial charge in [-0.1, -0.05) is 185 Å². The minimum Gasteiger partial charge on any atom is -0.507 e. The first-order valence-electron chi connectivity index (χ1n) is 17.1. The van der Waals surface area contributed by atoms with Gasteiger partial charge in [0.2, 0.25) is 0 Å². The quantitative estimate of drug-likeness (QED) is 0.145. The highest BCUT2D eigenvalue weighted by Gasteiger charge is 2.37. The molecule has 0 heterocycles. The summed E-state index contributed by atoms with van der Waals surface area (Å²) in [7, 11) is 0. The third-order valence-electron chi connectivity index (χ3n) is 10.3. The topological polar surface area (TPSA) is 20.2 Å². The number of benzene rings is 6. The van der Waals surface area contributed by atoms with Gasteiger partial charge in [-0.05, 0) is 58.6 Å². The van der Waals surface area contributed by atoms with Gasteiger partial charge in [-0.25, -0.2) is 0 Å². The Morgan fingerprint density at radius 1 is 0.532 bits per heavy atom. The van der Waals surface area contributed by atoms with Crippen molar-refractivity contribution < 1.29 is 5.11 Å². The van der Waals surface area contributed by atoms with Crippen molar-refractivity contribution in [1.82, 2.24) is 0 Å². The number of hydrogen-bond acceptors (Lipinski definition) is 1. The largest absolute Gasteiger partial charge is 0.507 e. The summed E-state index contributed by atoms with van der Waals surface area (Å²) in [5.74, 6) is 0.888. The summed E-state index contributed by atoms with van der Waals surface area (Å²) in [6.45, 7) is 6.86. The molecule has 236 valence electrons. The lowest BCUT2D eigenvalue weighted by atomic mass is 9.67. The van der Waals surface area contributed by atoms with Crippen LogP contribution in [0.4, 0.5) is 0 Å². The van der Waals surface area contributed by atoms with E-state index in [2.05, 4.69) is 185 Å². The molecule has 0 bridgehead atoms. The van der Waals surface area contributed by atoms with Gasteiger partial charge in [0.15, 0.2) is 0 Å². The third kappa shape index (κ3) is 7.26. The number of phenols is 1.